The second-order valence-corrected chi connectivity index (χ2v) is 7.16. The van der Waals surface area contributed by atoms with E-state index >= 15 is 0 Å². The Kier molecular flexibility index (Phi) is 4.58. The lowest BCUT2D eigenvalue weighted by molar-refractivity contribution is 0.945. The van der Waals surface area contributed by atoms with Crippen molar-refractivity contribution in [1.82, 2.24) is 20.2 Å². The number of aromatic nitrogens is 4. The maximum Gasteiger partial charge on any atom is 0.181 e. The van der Waals surface area contributed by atoms with Gasteiger partial charge in [0, 0.05) is 21.5 Å². The molecule has 0 saturated carbocycles. The van der Waals surface area contributed by atoms with Crippen molar-refractivity contribution in [1.29, 1.82) is 0 Å². The van der Waals surface area contributed by atoms with Gasteiger partial charge in [-0.1, -0.05) is 27.5 Å². The topological polar surface area (TPSA) is 80.5 Å². The van der Waals surface area contributed by atoms with Crippen molar-refractivity contribution in [3.05, 3.63) is 38.4 Å². The predicted molar refractivity (Wildman–Crippen MR) is 93.1 cm³/mol. The fourth-order valence-corrected chi connectivity index (χ4v) is 3.96. The third-order valence-corrected chi connectivity index (χ3v) is 4.92. The zero-order valence-corrected chi connectivity index (χ0v) is 14.9. The van der Waals surface area contributed by atoms with Crippen LogP contribution in [0.3, 0.4) is 0 Å². The van der Waals surface area contributed by atoms with E-state index in [1.807, 2.05) is 25.1 Å². The lowest BCUT2D eigenvalue weighted by atomic mass is 10.2. The first-order valence-electron chi connectivity index (χ1n) is 6.62. The molecule has 5 nitrogen and oxygen atoms in total. The van der Waals surface area contributed by atoms with Gasteiger partial charge in [0.1, 0.15) is 0 Å². The van der Waals surface area contributed by atoms with Crippen LogP contribution in [0.25, 0.3) is 22.1 Å². The number of thiazole rings is 1. The zero-order valence-electron chi connectivity index (χ0n) is 11.7. The molecule has 0 radical (unpaired) electrons. The number of nitrogens with one attached hydrogen (secondary N) is 1. The van der Waals surface area contributed by atoms with E-state index in [1.165, 1.54) is 0 Å². The molecule has 8 heteroatoms. The van der Waals surface area contributed by atoms with Gasteiger partial charge >= 0.3 is 0 Å². The van der Waals surface area contributed by atoms with E-state index in [-0.39, 0.29) is 0 Å². The van der Waals surface area contributed by atoms with Crippen LogP contribution in [0.2, 0.25) is 5.02 Å². The van der Waals surface area contributed by atoms with Gasteiger partial charge in [-0.25, -0.2) is 9.97 Å². The molecule has 0 aliphatic carbocycles. The molecule has 22 heavy (non-hydrogen) atoms. The average molecular weight is 399 g/mol. The second kappa shape index (κ2) is 6.45. The van der Waals surface area contributed by atoms with Crippen molar-refractivity contribution in [2.45, 2.75) is 13.3 Å². The summed E-state index contributed by atoms with van der Waals surface area (Å²) in [5.41, 5.74) is 7.37. The third-order valence-electron chi connectivity index (χ3n) is 3.02. The van der Waals surface area contributed by atoms with E-state index < -0.39 is 0 Å². The third kappa shape index (κ3) is 3.22. The Hall–Kier alpha value is -1.28. The molecule has 0 amide bonds. The number of aromatic amines is 1. The molecular formula is C14H13BrClN5S. The van der Waals surface area contributed by atoms with Crippen LogP contribution in [-0.4, -0.2) is 26.7 Å². The highest BCUT2D eigenvalue weighted by molar-refractivity contribution is 9.10. The molecule has 3 N–H and O–H groups in total. The lowest BCUT2D eigenvalue weighted by Gasteiger charge is -1.98. The molecule has 0 saturated heterocycles. The van der Waals surface area contributed by atoms with Crippen molar-refractivity contribution in [2.75, 3.05) is 6.54 Å². The number of hydrogen-bond donors (Lipinski definition) is 2. The summed E-state index contributed by atoms with van der Waals surface area (Å²) in [4.78, 5) is 10.1. The van der Waals surface area contributed by atoms with Crippen LogP contribution in [0.15, 0.2) is 22.7 Å². The Morgan fingerprint density at radius 2 is 2.14 bits per heavy atom. The van der Waals surface area contributed by atoms with Gasteiger partial charge in [0.05, 0.1) is 15.6 Å². The van der Waals surface area contributed by atoms with Crippen molar-refractivity contribution in [3.8, 4) is 22.1 Å². The quantitative estimate of drug-likeness (QED) is 0.700. The summed E-state index contributed by atoms with van der Waals surface area (Å²) in [6.45, 7) is 2.55. The first-order valence-corrected chi connectivity index (χ1v) is 8.61. The number of nitrogens with zero attached hydrogens (tertiary/aromatic N) is 3. The summed E-state index contributed by atoms with van der Waals surface area (Å²) in [5.74, 6) is 1.32. The van der Waals surface area contributed by atoms with E-state index in [4.69, 9.17) is 17.3 Å². The monoisotopic (exact) mass is 397 g/mol. The Labute approximate surface area is 145 Å². The summed E-state index contributed by atoms with van der Waals surface area (Å²) in [5, 5.41) is 8.90. The molecule has 0 atom stereocenters. The molecule has 0 unspecified atom stereocenters. The molecule has 2 aromatic heterocycles. The number of benzene rings is 1. The maximum absolute atomic E-state index is 6.07. The molecule has 0 spiro atoms. The molecule has 0 aliphatic heterocycles. The van der Waals surface area contributed by atoms with E-state index in [2.05, 4.69) is 36.1 Å². The summed E-state index contributed by atoms with van der Waals surface area (Å²) in [6.07, 6.45) is 0.772. The summed E-state index contributed by atoms with van der Waals surface area (Å²) < 4.78 is 0.889. The minimum atomic E-state index is 0.588. The Bertz CT molecular complexity index is 793. The first kappa shape index (κ1) is 15.6. The van der Waals surface area contributed by atoms with Crippen LogP contribution in [-0.2, 0) is 6.42 Å². The summed E-state index contributed by atoms with van der Waals surface area (Å²) in [6, 6.07) is 5.59. The Morgan fingerprint density at radius 1 is 1.32 bits per heavy atom. The smallest absolute Gasteiger partial charge is 0.181 e. The molecule has 0 aliphatic rings. The highest BCUT2D eigenvalue weighted by atomic mass is 79.9. The largest absolute Gasteiger partial charge is 0.330 e. The number of H-pyrrole nitrogens is 1. The standard InChI is InChI=1S/C14H13BrClN5S/c1-7-12(22-11(18-7)2-3-17)14-19-13(20-21-14)8-4-9(15)6-10(16)5-8/h4-6H,2-3,17H2,1H3,(H,19,20,21). The average Bonchev–Trinajstić information content (AvgIpc) is 3.05. The number of aryl methyl sites for hydroxylation is 1. The molecular weight excluding hydrogens is 386 g/mol. The number of nitrogens with two attached hydrogens (primary N) is 1. The minimum absolute atomic E-state index is 0.588. The Balaban J connectivity index is 1.96. The maximum atomic E-state index is 6.07. The van der Waals surface area contributed by atoms with Gasteiger partial charge in [0.2, 0.25) is 0 Å². The highest BCUT2D eigenvalue weighted by Gasteiger charge is 2.15. The Morgan fingerprint density at radius 3 is 2.86 bits per heavy atom. The van der Waals surface area contributed by atoms with E-state index in [9.17, 15) is 0 Å². The highest BCUT2D eigenvalue weighted by Crippen LogP contribution is 2.30. The van der Waals surface area contributed by atoms with E-state index in [0.29, 0.717) is 23.2 Å². The molecule has 114 valence electrons. The predicted octanol–water partition coefficient (Wildman–Crippen LogP) is 3.82. The van der Waals surface area contributed by atoms with Crippen LogP contribution in [0.1, 0.15) is 10.7 Å². The molecule has 1 aromatic carbocycles. The van der Waals surface area contributed by atoms with Gasteiger partial charge in [0.15, 0.2) is 11.6 Å². The van der Waals surface area contributed by atoms with Crippen LogP contribution >= 0.6 is 38.9 Å². The summed E-state index contributed by atoms with van der Waals surface area (Å²) in [7, 11) is 0. The first-order chi connectivity index (χ1) is 10.6. The van der Waals surface area contributed by atoms with Gasteiger partial charge in [-0.2, -0.15) is 5.10 Å². The van der Waals surface area contributed by atoms with Gasteiger partial charge in [-0.15, -0.1) is 11.3 Å². The SMILES string of the molecule is Cc1nc(CCN)sc1-c1nc(-c2cc(Cl)cc(Br)c2)n[nH]1. The van der Waals surface area contributed by atoms with Crippen molar-refractivity contribution < 1.29 is 0 Å². The number of rotatable bonds is 4. The number of halogens is 2. The fourth-order valence-electron chi connectivity index (χ4n) is 2.08. The van der Waals surface area contributed by atoms with Gasteiger partial charge < -0.3 is 5.73 Å². The van der Waals surface area contributed by atoms with Gasteiger partial charge in [-0.05, 0) is 31.7 Å². The molecule has 0 fully saturated rings. The molecule has 0 bridgehead atoms. The van der Waals surface area contributed by atoms with Gasteiger partial charge in [-0.3, -0.25) is 5.10 Å². The van der Waals surface area contributed by atoms with Crippen molar-refractivity contribution in [2.24, 2.45) is 5.73 Å². The number of hydrogen-bond acceptors (Lipinski definition) is 5. The molecule has 2 heterocycles. The van der Waals surface area contributed by atoms with E-state index in [1.54, 1.807) is 11.3 Å². The molecule has 3 rings (SSSR count). The lowest BCUT2D eigenvalue weighted by Crippen LogP contribution is -2.01. The van der Waals surface area contributed by atoms with Crippen molar-refractivity contribution >= 4 is 38.9 Å². The van der Waals surface area contributed by atoms with Crippen LogP contribution in [0.4, 0.5) is 0 Å². The summed E-state index contributed by atoms with van der Waals surface area (Å²) >= 11 is 11.1. The van der Waals surface area contributed by atoms with Crippen LogP contribution < -0.4 is 5.73 Å². The zero-order chi connectivity index (χ0) is 15.7. The van der Waals surface area contributed by atoms with Crippen molar-refractivity contribution in [3.63, 3.8) is 0 Å². The van der Waals surface area contributed by atoms with Crippen LogP contribution in [0.5, 0.6) is 0 Å². The second-order valence-electron chi connectivity index (χ2n) is 4.73. The normalized spacial score (nSPS) is 11.1. The van der Waals surface area contributed by atoms with Crippen LogP contribution in [0, 0.1) is 6.92 Å². The van der Waals surface area contributed by atoms with Gasteiger partial charge in [0.25, 0.3) is 0 Å². The molecule has 3 aromatic rings. The minimum Gasteiger partial charge on any atom is -0.330 e. The fraction of sp³-hybridized carbons (Fsp3) is 0.214. The van der Waals surface area contributed by atoms with E-state index in [0.717, 1.165) is 32.0 Å².